The van der Waals surface area contributed by atoms with Crippen molar-refractivity contribution in [3.8, 4) is 11.3 Å². The van der Waals surface area contributed by atoms with E-state index in [0.717, 1.165) is 17.5 Å². The van der Waals surface area contributed by atoms with Crippen molar-refractivity contribution < 1.29 is 12.6 Å². The topological polar surface area (TPSA) is 76.1 Å². The van der Waals surface area contributed by atoms with Gasteiger partial charge in [-0.3, -0.25) is 9.71 Å². The van der Waals surface area contributed by atoms with Crippen LogP contribution in [-0.4, -0.2) is 23.9 Å². The summed E-state index contributed by atoms with van der Waals surface area (Å²) in [6.45, 7) is 0. The predicted octanol–water partition coefficient (Wildman–Crippen LogP) is 3.94. The van der Waals surface area contributed by atoms with Crippen molar-refractivity contribution in [3.63, 3.8) is 0 Å². The lowest BCUT2D eigenvalue weighted by Gasteiger charge is -2.10. The Kier molecular flexibility index (Phi) is 5.41. The summed E-state index contributed by atoms with van der Waals surface area (Å²) in [4.78, 5) is 4.94. The molecule has 1 heterocycles. The summed E-state index contributed by atoms with van der Waals surface area (Å²) in [5, 5.41) is 0.183. The summed E-state index contributed by atoms with van der Waals surface area (Å²) in [5.74, 6) is 0. The van der Waals surface area contributed by atoms with Crippen molar-refractivity contribution in [1.29, 1.82) is 0 Å². The molecule has 0 spiro atoms. The number of pyridine rings is 1. The zero-order valence-corrected chi connectivity index (χ0v) is 16.1. The zero-order valence-electron chi connectivity index (χ0n) is 13.7. The summed E-state index contributed by atoms with van der Waals surface area (Å²) < 4.78 is 38.6. The van der Waals surface area contributed by atoms with Crippen molar-refractivity contribution in [3.05, 3.63) is 71.9 Å². The van der Waals surface area contributed by atoms with Crippen molar-refractivity contribution >= 4 is 38.1 Å². The first-order chi connectivity index (χ1) is 12.3. The maximum absolute atomic E-state index is 12.6. The van der Waals surface area contributed by atoms with Gasteiger partial charge in [0.1, 0.15) is 11.0 Å². The lowest BCUT2D eigenvalue weighted by molar-refractivity contribution is 0.602. The van der Waals surface area contributed by atoms with E-state index in [2.05, 4.69) is 9.71 Å². The van der Waals surface area contributed by atoms with Gasteiger partial charge in [0, 0.05) is 18.0 Å². The Balaban J connectivity index is 1.85. The van der Waals surface area contributed by atoms with Gasteiger partial charge in [-0.15, -0.1) is 0 Å². The fourth-order valence-electron chi connectivity index (χ4n) is 2.27. The Bertz CT molecular complexity index is 1070. The lowest BCUT2D eigenvalue weighted by atomic mass is 10.1. The molecule has 2 aromatic carbocycles. The predicted molar refractivity (Wildman–Crippen MR) is 104 cm³/mol. The molecule has 0 saturated carbocycles. The molecule has 3 aromatic rings. The number of rotatable bonds is 5. The van der Waals surface area contributed by atoms with Crippen LogP contribution in [0.4, 0.5) is 5.69 Å². The Morgan fingerprint density at radius 1 is 1.04 bits per heavy atom. The maximum atomic E-state index is 12.6. The molecule has 0 bridgehead atoms. The molecule has 134 valence electrons. The van der Waals surface area contributed by atoms with Crippen LogP contribution in [0.15, 0.2) is 76.7 Å². The standard InChI is InChI=1S/C18H15ClN2O3S2/c1-26(23,24)15-8-9-18(16(19)12-15)21-25(22)14-6-4-5-13(11-14)17-7-2-3-10-20-17/h2-12,21H,1H3. The third-order valence-electron chi connectivity index (χ3n) is 3.58. The second-order valence-corrected chi connectivity index (χ2v) is 9.16. The average molecular weight is 407 g/mol. The molecule has 1 atom stereocenters. The monoisotopic (exact) mass is 406 g/mol. The Labute approximate surface area is 159 Å². The normalized spacial score (nSPS) is 12.5. The highest BCUT2D eigenvalue weighted by Gasteiger charge is 2.12. The summed E-state index contributed by atoms with van der Waals surface area (Å²) in [6.07, 6.45) is 2.80. The van der Waals surface area contributed by atoms with Crippen LogP contribution in [0, 0.1) is 0 Å². The fraction of sp³-hybridized carbons (Fsp3) is 0.0556. The molecule has 3 rings (SSSR count). The van der Waals surface area contributed by atoms with Crippen LogP contribution in [-0.2, 0) is 20.8 Å². The minimum Gasteiger partial charge on any atom is -0.300 e. The van der Waals surface area contributed by atoms with Crippen LogP contribution >= 0.6 is 11.6 Å². The molecule has 5 nitrogen and oxygen atoms in total. The smallest absolute Gasteiger partial charge is 0.175 e. The van der Waals surface area contributed by atoms with Gasteiger partial charge in [0.05, 0.1) is 26.2 Å². The van der Waals surface area contributed by atoms with E-state index in [1.165, 1.54) is 18.2 Å². The summed E-state index contributed by atoms with van der Waals surface area (Å²) in [5.41, 5.74) is 2.01. The van der Waals surface area contributed by atoms with E-state index in [0.29, 0.717) is 10.6 Å². The Morgan fingerprint density at radius 2 is 1.85 bits per heavy atom. The molecule has 0 aliphatic heterocycles. The highest BCUT2D eigenvalue weighted by atomic mass is 35.5. The summed E-state index contributed by atoms with van der Waals surface area (Å²) in [7, 11) is -4.92. The number of benzene rings is 2. The molecule has 0 radical (unpaired) electrons. The zero-order chi connectivity index (χ0) is 18.7. The van der Waals surface area contributed by atoms with Crippen molar-refractivity contribution in [1.82, 2.24) is 4.98 Å². The average Bonchev–Trinajstić information content (AvgIpc) is 2.63. The maximum Gasteiger partial charge on any atom is 0.175 e. The fourth-order valence-corrected chi connectivity index (χ4v) is 4.20. The van der Waals surface area contributed by atoms with Crippen molar-refractivity contribution in [2.24, 2.45) is 0 Å². The van der Waals surface area contributed by atoms with Gasteiger partial charge < -0.3 is 0 Å². The van der Waals surface area contributed by atoms with E-state index in [-0.39, 0.29) is 9.92 Å². The van der Waals surface area contributed by atoms with Crippen LogP contribution in [0.25, 0.3) is 11.3 Å². The van der Waals surface area contributed by atoms with E-state index in [1.54, 1.807) is 24.4 Å². The van der Waals surface area contributed by atoms with Crippen molar-refractivity contribution in [2.75, 3.05) is 11.0 Å². The number of halogens is 1. The van der Waals surface area contributed by atoms with Crippen molar-refractivity contribution in [2.45, 2.75) is 9.79 Å². The van der Waals surface area contributed by atoms with E-state index in [9.17, 15) is 12.6 Å². The molecule has 26 heavy (non-hydrogen) atoms. The number of anilines is 1. The second kappa shape index (κ2) is 7.57. The van der Waals surface area contributed by atoms with Gasteiger partial charge in [-0.05, 0) is 42.5 Å². The first-order valence-corrected chi connectivity index (χ1v) is 11.0. The minimum absolute atomic E-state index is 0.107. The molecule has 1 unspecified atom stereocenters. The van der Waals surface area contributed by atoms with E-state index < -0.39 is 20.8 Å². The lowest BCUT2D eigenvalue weighted by Crippen LogP contribution is -2.06. The number of nitrogens with one attached hydrogen (secondary N) is 1. The van der Waals surface area contributed by atoms with Gasteiger partial charge >= 0.3 is 0 Å². The molecular weight excluding hydrogens is 392 g/mol. The molecule has 1 N–H and O–H groups in total. The quantitative estimate of drug-likeness (QED) is 0.696. The summed E-state index contributed by atoms with van der Waals surface area (Å²) >= 11 is 6.12. The molecule has 0 aliphatic rings. The van der Waals surface area contributed by atoms with Crippen LogP contribution in [0.5, 0.6) is 0 Å². The number of hydrogen-bond acceptors (Lipinski definition) is 4. The molecule has 1 aromatic heterocycles. The van der Waals surface area contributed by atoms with Gasteiger partial charge in [0.15, 0.2) is 9.84 Å². The number of hydrogen-bond donors (Lipinski definition) is 1. The Hall–Kier alpha value is -2.22. The number of nitrogens with zero attached hydrogens (tertiary/aromatic N) is 1. The number of sulfone groups is 1. The van der Waals surface area contributed by atoms with Crippen LogP contribution in [0.3, 0.4) is 0 Å². The van der Waals surface area contributed by atoms with E-state index in [4.69, 9.17) is 11.6 Å². The largest absolute Gasteiger partial charge is 0.300 e. The van der Waals surface area contributed by atoms with Gasteiger partial charge in [-0.25, -0.2) is 12.6 Å². The van der Waals surface area contributed by atoms with Crippen LogP contribution in [0.1, 0.15) is 0 Å². The van der Waals surface area contributed by atoms with Crippen LogP contribution in [0.2, 0.25) is 5.02 Å². The SMILES string of the molecule is CS(=O)(=O)c1ccc(NS(=O)c2cccc(-c3ccccn3)c2)c(Cl)c1. The highest BCUT2D eigenvalue weighted by Crippen LogP contribution is 2.27. The molecule has 0 amide bonds. The third-order valence-corrected chi connectivity index (χ3v) is 6.09. The van der Waals surface area contributed by atoms with Gasteiger partial charge in [0.2, 0.25) is 0 Å². The van der Waals surface area contributed by atoms with E-state index >= 15 is 0 Å². The molecule has 0 aliphatic carbocycles. The second-order valence-electron chi connectivity index (χ2n) is 5.53. The summed E-state index contributed by atoms with van der Waals surface area (Å²) in [6, 6.07) is 17.0. The van der Waals surface area contributed by atoms with Gasteiger partial charge in [0.25, 0.3) is 0 Å². The molecular formula is C18H15ClN2O3S2. The highest BCUT2D eigenvalue weighted by molar-refractivity contribution is 7.90. The Morgan fingerprint density at radius 3 is 2.50 bits per heavy atom. The van der Waals surface area contributed by atoms with E-state index in [1.807, 2.05) is 24.3 Å². The van der Waals surface area contributed by atoms with Gasteiger partial charge in [-0.2, -0.15) is 0 Å². The third kappa shape index (κ3) is 4.30. The minimum atomic E-state index is -3.35. The van der Waals surface area contributed by atoms with Gasteiger partial charge in [-0.1, -0.05) is 29.8 Å². The first-order valence-electron chi connectivity index (χ1n) is 7.54. The first kappa shape index (κ1) is 18.6. The number of aromatic nitrogens is 1. The molecule has 0 saturated heterocycles. The van der Waals surface area contributed by atoms with Crippen LogP contribution < -0.4 is 4.72 Å². The molecule has 8 heteroatoms. The molecule has 0 fully saturated rings.